The van der Waals surface area contributed by atoms with Crippen LogP contribution in [0, 0.1) is 5.41 Å². The molecule has 27 heavy (non-hydrogen) atoms. The Bertz CT molecular complexity index is 728. The van der Waals surface area contributed by atoms with Crippen molar-refractivity contribution in [1.82, 2.24) is 9.47 Å². The van der Waals surface area contributed by atoms with Gasteiger partial charge in [-0.3, -0.25) is 4.79 Å². The molecule has 0 unspecified atom stereocenters. The van der Waals surface area contributed by atoms with Crippen LogP contribution in [0.4, 0.5) is 0 Å². The number of ether oxygens (including phenoxy) is 1. The summed E-state index contributed by atoms with van der Waals surface area (Å²) in [6.45, 7) is 10.4. The number of carbonyl (C=O) groups excluding carboxylic acids is 1. The second kappa shape index (κ2) is 9.63. The van der Waals surface area contributed by atoms with E-state index in [0.717, 1.165) is 43.8 Å². The van der Waals surface area contributed by atoms with Crippen molar-refractivity contribution in [3.63, 3.8) is 0 Å². The minimum Gasteiger partial charge on any atom is -0.497 e. The quantitative estimate of drug-likeness (QED) is 0.575. The molecule has 0 aliphatic carbocycles. The van der Waals surface area contributed by atoms with E-state index in [1.807, 2.05) is 37.8 Å². The molecule has 1 aromatic carbocycles. The van der Waals surface area contributed by atoms with Gasteiger partial charge in [0, 0.05) is 30.4 Å². The van der Waals surface area contributed by atoms with E-state index in [9.17, 15) is 4.79 Å². The number of amides is 1. The Hall–Kier alpha value is -2.23. The number of nitrogens with zero attached hydrogens (tertiary/aromatic N) is 2. The number of carbonyl (C=O) groups is 1. The second-order valence-electron chi connectivity index (χ2n) is 8.16. The summed E-state index contributed by atoms with van der Waals surface area (Å²) in [4.78, 5) is 15.0. The fraction of sp³-hybridized carbons (Fsp3) is 0.522. The number of methoxy groups -OCH3 is 1. The molecule has 148 valence electrons. The largest absolute Gasteiger partial charge is 0.497 e. The number of aromatic nitrogens is 1. The molecule has 0 saturated heterocycles. The highest BCUT2D eigenvalue weighted by Crippen LogP contribution is 2.21. The third kappa shape index (κ3) is 6.16. The van der Waals surface area contributed by atoms with Crippen LogP contribution in [0.25, 0.3) is 0 Å². The topological polar surface area (TPSA) is 34.5 Å². The molecule has 2 aromatic rings. The lowest BCUT2D eigenvalue weighted by molar-refractivity contribution is -0.140. The number of hydrogen-bond acceptors (Lipinski definition) is 2. The fourth-order valence-electron chi connectivity index (χ4n) is 3.19. The van der Waals surface area contributed by atoms with Gasteiger partial charge in [-0.15, -0.1) is 0 Å². The van der Waals surface area contributed by atoms with E-state index < -0.39 is 0 Å². The van der Waals surface area contributed by atoms with Crippen molar-refractivity contribution in [2.45, 2.75) is 60.0 Å². The van der Waals surface area contributed by atoms with Crippen LogP contribution in [0.3, 0.4) is 0 Å². The molecular formula is C23H34N2O2. The summed E-state index contributed by atoms with van der Waals surface area (Å²) in [6, 6.07) is 12.3. The molecule has 0 N–H and O–H groups in total. The fourth-order valence-corrected chi connectivity index (χ4v) is 3.19. The van der Waals surface area contributed by atoms with Crippen molar-refractivity contribution in [1.29, 1.82) is 0 Å². The molecule has 0 aliphatic rings. The Morgan fingerprint density at radius 1 is 1.15 bits per heavy atom. The molecule has 1 amide bonds. The maximum Gasteiger partial charge on any atom is 0.228 e. The molecule has 0 bridgehead atoms. The summed E-state index contributed by atoms with van der Waals surface area (Å²) in [5.74, 6) is 1.08. The maximum absolute atomic E-state index is 12.9. The first-order valence-corrected chi connectivity index (χ1v) is 9.91. The van der Waals surface area contributed by atoms with Gasteiger partial charge in [-0.2, -0.15) is 0 Å². The van der Waals surface area contributed by atoms with Crippen LogP contribution in [0.15, 0.2) is 42.6 Å². The third-order valence-electron chi connectivity index (χ3n) is 4.72. The van der Waals surface area contributed by atoms with Crippen LogP contribution in [0.1, 0.15) is 58.2 Å². The van der Waals surface area contributed by atoms with E-state index in [0.29, 0.717) is 6.54 Å². The highest BCUT2D eigenvalue weighted by molar-refractivity contribution is 5.81. The predicted octanol–water partition coefficient (Wildman–Crippen LogP) is 5.11. The average Bonchev–Trinajstić information content (AvgIpc) is 3.06. The molecule has 0 fully saturated rings. The summed E-state index contributed by atoms with van der Waals surface area (Å²) < 4.78 is 7.55. The summed E-state index contributed by atoms with van der Waals surface area (Å²) >= 11 is 0. The Morgan fingerprint density at radius 2 is 1.93 bits per heavy atom. The van der Waals surface area contributed by atoms with Crippen molar-refractivity contribution >= 4 is 5.91 Å². The van der Waals surface area contributed by atoms with Crippen LogP contribution in [-0.4, -0.2) is 29.0 Å². The lowest BCUT2D eigenvalue weighted by atomic mass is 9.94. The smallest absolute Gasteiger partial charge is 0.228 e. The van der Waals surface area contributed by atoms with Crippen molar-refractivity contribution < 1.29 is 9.53 Å². The number of unbranched alkanes of at least 4 members (excludes halogenated alkanes) is 2. The van der Waals surface area contributed by atoms with Crippen LogP contribution in [0.2, 0.25) is 0 Å². The number of hydrogen-bond donors (Lipinski definition) is 0. The van der Waals surface area contributed by atoms with E-state index in [4.69, 9.17) is 4.74 Å². The van der Waals surface area contributed by atoms with Crippen LogP contribution in [0.5, 0.6) is 5.75 Å². The van der Waals surface area contributed by atoms with Gasteiger partial charge < -0.3 is 14.2 Å². The summed E-state index contributed by atoms with van der Waals surface area (Å²) in [6.07, 6.45) is 5.44. The molecule has 2 rings (SSSR count). The van der Waals surface area contributed by atoms with Crippen LogP contribution >= 0.6 is 0 Å². The zero-order valence-electron chi connectivity index (χ0n) is 17.5. The molecule has 0 aliphatic heterocycles. The number of rotatable bonds is 9. The first-order valence-electron chi connectivity index (χ1n) is 9.91. The molecule has 0 radical (unpaired) electrons. The Labute approximate surface area is 164 Å². The van der Waals surface area contributed by atoms with E-state index in [2.05, 4.69) is 42.0 Å². The molecule has 4 heteroatoms. The van der Waals surface area contributed by atoms with Gasteiger partial charge in [-0.25, -0.2) is 0 Å². The van der Waals surface area contributed by atoms with Gasteiger partial charge in [0.05, 0.1) is 13.7 Å². The van der Waals surface area contributed by atoms with Crippen molar-refractivity contribution in [3.05, 3.63) is 53.9 Å². The molecule has 0 spiro atoms. The molecular weight excluding hydrogens is 336 g/mol. The van der Waals surface area contributed by atoms with Gasteiger partial charge in [0.1, 0.15) is 5.75 Å². The number of benzene rings is 1. The lowest BCUT2D eigenvalue weighted by Crippen LogP contribution is -2.40. The first kappa shape index (κ1) is 21.1. The minimum atomic E-state index is -0.365. The molecule has 1 aromatic heterocycles. The van der Waals surface area contributed by atoms with Gasteiger partial charge >= 0.3 is 0 Å². The predicted molar refractivity (Wildman–Crippen MR) is 111 cm³/mol. The van der Waals surface area contributed by atoms with Crippen molar-refractivity contribution in [3.8, 4) is 5.75 Å². The maximum atomic E-state index is 12.9. The SMILES string of the molecule is CCCCCN(Cc1cccn1Cc1cccc(OC)c1)C(=O)C(C)(C)C. The van der Waals surface area contributed by atoms with Gasteiger partial charge in [-0.05, 0) is 36.2 Å². The lowest BCUT2D eigenvalue weighted by Gasteiger charge is -2.30. The summed E-state index contributed by atoms with van der Waals surface area (Å²) in [5.41, 5.74) is 1.98. The minimum absolute atomic E-state index is 0.215. The van der Waals surface area contributed by atoms with Crippen LogP contribution < -0.4 is 4.74 Å². The summed E-state index contributed by atoms with van der Waals surface area (Å²) in [7, 11) is 1.69. The van der Waals surface area contributed by atoms with Crippen molar-refractivity contribution in [2.75, 3.05) is 13.7 Å². The average molecular weight is 371 g/mol. The van der Waals surface area contributed by atoms with E-state index in [1.165, 1.54) is 5.56 Å². The van der Waals surface area contributed by atoms with E-state index >= 15 is 0 Å². The van der Waals surface area contributed by atoms with Gasteiger partial charge in [-0.1, -0.05) is 52.7 Å². The molecule has 0 atom stereocenters. The first-order chi connectivity index (χ1) is 12.8. The zero-order valence-corrected chi connectivity index (χ0v) is 17.5. The monoisotopic (exact) mass is 370 g/mol. The highest BCUT2D eigenvalue weighted by atomic mass is 16.5. The molecule has 4 nitrogen and oxygen atoms in total. The van der Waals surface area contributed by atoms with Gasteiger partial charge in [0.25, 0.3) is 0 Å². The normalized spacial score (nSPS) is 11.4. The molecule has 1 heterocycles. The summed E-state index contributed by atoms with van der Waals surface area (Å²) in [5, 5.41) is 0. The van der Waals surface area contributed by atoms with Gasteiger partial charge in [0.2, 0.25) is 5.91 Å². The second-order valence-corrected chi connectivity index (χ2v) is 8.16. The third-order valence-corrected chi connectivity index (χ3v) is 4.72. The Balaban J connectivity index is 2.15. The Morgan fingerprint density at radius 3 is 2.59 bits per heavy atom. The van der Waals surface area contributed by atoms with Crippen molar-refractivity contribution in [2.24, 2.45) is 5.41 Å². The molecule has 0 saturated carbocycles. The van der Waals surface area contributed by atoms with Gasteiger partial charge in [0.15, 0.2) is 0 Å². The van der Waals surface area contributed by atoms with E-state index in [1.54, 1.807) is 7.11 Å². The standard InChI is InChI=1S/C23H34N2O2/c1-6-7-8-14-25(22(26)23(2,3)4)18-20-12-10-15-24(20)17-19-11-9-13-21(16-19)27-5/h9-13,15-16H,6-8,14,17-18H2,1-5H3. The van der Waals surface area contributed by atoms with E-state index in [-0.39, 0.29) is 11.3 Å². The highest BCUT2D eigenvalue weighted by Gasteiger charge is 2.27. The zero-order chi connectivity index (χ0) is 19.9. The Kier molecular flexibility index (Phi) is 7.52. The van der Waals surface area contributed by atoms with Crippen LogP contribution in [-0.2, 0) is 17.9 Å².